The minimum absolute atomic E-state index is 0.297. The lowest BCUT2D eigenvalue weighted by atomic mass is 9.80. The van der Waals surface area contributed by atoms with Crippen LogP contribution in [0.1, 0.15) is 51.9 Å². The van der Waals surface area contributed by atoms with E-state index in [1.807, 2.05) is 0 Å². The average molecular weight is 267 g/mol. The van der Waals surface area contributed by atoms with Crippen LogP contribution in [0.15, 0.2) is 0 Å². The summed E-state index contributed by atoms with van der Waals surface area (Å²) < 4.78 is 5.42. The molecule has 0 aromatic carbocycles. The van der Waals surface area contributed by atoms with Crippen LogP contribution in [0.4, 0.5) is 0 Å². The summed E-state index contributed by atoms with van der Waals surface area (Å²) in [4.78, 5) is 0. The fourth-order valence-electron chi connectivity index (χ4n) is 3.24. The fraction of sp³-hybridized carbons (Fsp3) is 0.933. The Kier molecular flexibility index (Phi) is 5.85. The molecule has 2 rings (SSSR count). The second kappa shape index (κ2) is 7.40. The van der Waals surface area contributed by atoms with E-state index in [-0.39, 0.29) is 0 Å². The van der Waals surface area contributed by atoms with E-state index in [1.165, 1.54) is 38.5 Å². The normalized spacial score (nSPS) is 34.1. The number of nitriles is 1. The Bertz CT molecular complexity index is 283. The molecular weight excluding hydrogens is 242 g/mol. The average Bonchev–Trinajstić information content (AvgIpc) is 2.41. The minimum Gasteiger partial charge on any atom is -0.381 e. The summed E-state index contributed by atoms with van der Waals surface area (Å²) in [5, 5.41) is 10.6. The van der Waals surface area contributed by atoms with Crippen LogP contribution in [0.2, 0.25) is 0 Å². The van der Waals surface area contributed by atoms with E-state index in [0.29, 0.717) is 11.2 Å². The summed E-state index contributed by atoms with van der Waals surface area (Å²) in [6.07, 6.45) is 8.67. The van der Waals surface area contributed by atoms with E-state index in [0.717, 1.165) is 30.8 Å². The minimum atomic E-state index is 0.297. The lowest BCUT2D eigenvalue weighted by Crippen LogP contribution is -2.30. The molecule has 0 aromatic heterocycles. The van der Waals surface area contributed by atoms with E-state index >= 15 is 0 Å². The first-order valence-electron chi connectivity index (χ1n) is 7.46. The smallest absolute Gasteiger partial charge is 0.0667 e. The molecule has 0 amide bonds. The van der Waals surface area contributed by atoms with Crippen LogP contribution in [0.3, 0.4) is 0 Å². The molecular formula is C15H25NOS. The first-order chi connectivity index (χ1) is 8.83. The maximum Gasteiger partial charge on any atom is 0.0667 e. The molecule has 2 nitrogen and oxygen atoms in total. The molecule has 1 heterocycles. The standard InChI is InChI=1S/C15H25NOS/c1-2-3-12-4-5-13(11-16)15(10-12)18-14-6-8-17-9-7-14/h12-15H,2-10H2,1H3. The van der Waals surface area contributed by atoms with Crippen LogP contribution in [0, 0.1) is 23.2 Å². The number of hydrogen-bond donors (Lipinski definition) is 0. The second-order valence-corrected chi connectivity index (χ2v) is 7.23. The maximum atomic E-state index is 9.32. The number of thioether (sulfide) groups is 1. The lowest BCUT2D eigenvalue weighted by Gasteiger charge is -2.35. The van der Waals surface area contributed by atoms with Gasteiger partial charge in [0.2, 0.25) is 0 Å². The van der Waals surface area contributed by atoms with Crippen LogP contribution < -0.4 is 0 Å². The predicted molar refractivity (Wildman–Crippen MR) is 76.6 cm³/mol. The zero-order valence-electron chi connectivity index (χ0n) is 11.4. The van der Waals surface area contributed by atoms with Gasteiger partial charge in [0, 0.05) is 23.7 Å². The van der Waals surface area contributed by atoms with Crippen LogP contribution in [-0.2, 0) is 4.74 Å². The first-order valence-corrected chi connectivity index (χ1v) is 8.40. The molecule has 3 atom stereocenters. The Morgan fingerprint density at radius 3 is 2.67 bits per heavy atom. The Balaban J connectivity index is 1.87. The van der Waals surface area contributed by atoms with Crippen molar-refractivity contribution in [3.63, 3.8) is 0 Å². The largest absolute Gasteiger partial charge is 0.381 e. The third-order valence-electron chi connectivity index (χ3n) is 4.30. The number of hydrogen-bond acceptors (Lipinski definition) is 3. The molecule has 0 radical (unpaired) electrons. The van der Waals surface area contributed by atoms with E-state index in [2.05, 4.69) is 24.8 Å². The van der Waals surface area contributed by atoms with Crippen LogP contribution in [0.25, 0.3) is 0 Å². The van der Waals surface area contributed by atoms with Gasteiger partial charge in [-0.1, -0.05) is 19.8 Å². The second-order valence-electron chi connectivity index (χ2n) is 5.69. The molecule has 0 N–H and O–H groups in total. The van der Waals surface area contributed by atoms with Crippen molar-refractivity contribution in [2.24, 2.45) is 11.8 Å². The molecule has 18 heavy (non-hydrogen) atoms. The molecule has 1 aliphatic carbocycles. The summed E-state index contributed by atoms with van der Waals surface area (Å²) >= 11 is 2.10. The first kappa shape index (κ1) is 14.2. The summed E-state index contributed by atoms with van der Waals surface area (Å²) in [7, 11) is 0. The Morgan fingerprint density at radius 1 is 1.22 bits per heavy atom. The highest BCUT2D eigenvalue weighted by molar-refractivity contribution is 8.00. The van der Waals surface area contributed by atoms with Crippen molar-refractivity contribution in [3.8, 4) is 6.07 Å². The number of nitrogens with zero attached hydrogens (tertiary/aromatic N) is 1. The van der Waals surface area contributed by atoms with E-state index in [4.69, 9.17) is 4.74 Å². The van der Waals surface area contributed by atoms with Crippen LogP contribution in [0.5, 0.6) is 0 Å². The van der Waals surface area contributed by atoms with E-state index in [9.17, 15) is 5.26 Å². The molecule has 1 aliphatic heterocycles. The summed E-state index contributed by atoms with van der Waals surface area (Å²) in [6, 6.07) is 2.55. The molecule has 2 aliphatic rings. The van der Waals surface area contributed by atoms with Crippen molar-refractivity contribution >= 4 is 11.8 Å². The lowest BCUT2D eigenvalue weighted by molar-refractivity contribution is 0.0997. The molecule has 3 heteroatoms. The van der Waals surface area contributed by atoms with Crippen molar-refractivity contribution in [1.82, 2.24) is 0 Å². The molecule has 1 saturated carbocycles. The van der Waals surface area contributed by atoms with Gasteiger partial charge in [-0.3, -0.25) is 0 Å². The summed E-state index contributed by atoms with van der Waals surface area (Å²) in [5.74, 6) is 1.17. The van der Waals surface area contributed by atoms with E-state index in [1.54, 1.807) is 0 Å². The SMILES string of the molecule is CCCC1CCC(C#N)C(SC2CCOCC2)C1. The van der Waals surface area contributed by atoms with E-state index < -0.39 is 0 Å². The topological polar surface area (TPSA) is 33.0 Å². The zero-order chi connectivity index (χ0) is 12.8. The summed E-state index contributed by atoms with van der Waals surface area (Å²) in [5.41, 5.74) is 0. The molecule has 3 unspecified atom stereocenters. The highest BCUT2D eigenvalue weighted by atomic mass is 32.2. The van der Waals surface area contributed by atoms with Gasteiger partial charge in [-0.25, -0.2) is 0 Å². The van der Waals surface area contributed by atoms with Gasteiger partial charge in [-0.2, -0.15) is 17.0 Å². The fourth-order valence-corrected chi connectivity index (χ4v) is 4.97. The van der Waals surface area contributed by atoms with Gasteiger partial charge in [0.05, 0.1) is 12.0 Å². The van der Waals surface area contributed by atoms with Gasteiger partial charge < -0.3 is 4.74 Å². The third kappa shape index (κ3) is 3.90. The molecule has 2 fully saturated rings. The highest BCUT2D eigenvalue weighted by Gasteiger charge is 2.32. The van der Waals surface area contributed by atoms with Gasteiger partial charge in [-0.05, 0) is 38.0 Å². The van der Waals surface area contributed by atoms with Gasteiger partial charge >= 0.3 is 0 Å². The maximum absolute atomic E-state index is 9.32. The quantitative estimate of drug-likeness (QED) is 0.771. The van der Waals surface area contributed by atoms with Crippen molar-refractivity contribution < 1.29 is 4.74 Å². The summed E-state index contributed by atoms with van der Waals surface area (Å²) in [6.45, 7) is 4.11. The van der Waals surface area contributed by atoms with Crippen LogP contribution in [-0.4, -0.2) is 23.7 Å². The van der Waals surface area contributed by atoms with Crippen molar-refractivity contribution in [2.45, 2.75) is 62.4 Å². The third-order valence-corrected chi connectivity index (χ3v) is 6.03. The zero-order valence-corrected chi connectivity index (χ0v) is 12.3. The predicted octanol–water partition coefficient (Wildman–Crippen LogP) is 4.01. The highest BCUT2D eigenvalue weighted by Crippen LogP contribution is 2.41. The Labute approximate surface area is 115 Å². The number of rotatable bonds is 4. The van der Waals surface area contributed by atoms with Crippen molar-refractivity contribution in [3.05, 3.63) is 0 Å². The van der Waals surface area contributed by atoms with Crippen molar-refractivity contribution in [2.75, 3.05) is 13.2 Å². The molecule has 102 valence electrons. The molecule has 0 bridgehead atoms. The van der Waals surface area contributed by atoms with Gasteiger partial charge in [0.15, 0.2) is 0 Å². The molecule has 1 saturated heterocycles. The van der Waals surface area contributed by atoms with Crippen molar-refractivity contribution in [1.29, 1.82) is 5.26 Å². The number of ether oxygens (including phenoxy) is 1. The Hall–Kier alpha value is -0.200. The van der Waals surface area contributed by atoms with Gasteiger partial charge in [0.1, 0.15) is 0 Å². The van der Waals surface area contributed by atoms with Gasteiger partial charge in [-0.15, -0.1) is 0 Å². The molecule has 0 spiro atoms. The molecule has 0 aromatic rings. The monoisotopic (exact) mass is 267 g/mol. The van der Waals surface area contributed by atoms with Crippen LogP contribution >= 0.6 is 11.8 Å². The van der Waals surface area contributed by atoms with Gasteiger partial charge in [0.25, 0.3) is 0 Å². The Morgan fingerprint density at radius 2 is 2.00 bits per heavy atom.